The lowest BCUT2D eigenvalue weighted by Crippen LogP contribution is -2.19. The van der Waals surface area contributed by atoms with Crippen LogP contribution < -0.4 is 11.1 Å². The fourth-order valence-electron chi connectivity index (χ4n) is 2.10. The Labute approximate surface area is 134 Å². The molecule has 0 aliphatic rings. The predicted octanol–water partition coefficient (Wildman–Crippen LogP) is 0.536. The third-order valence-corrected chi connectivity index (χ3v) is 3.66. The number of aromatic nitrogens is 5. The summed E-state index contributed by atoms with van der Waals surface area (Å²) in [4.78, 5) is 28.0. The topological polar surface area (TPSA) is 120 Å². The Balaban J connectivity index is 1.97. The number of thioether (sulfide) groups is 1. The molecular weight excluding hydrogens is 318 g/mol. The maximum absolute atomic E-state index is 12.5. The molecule has 0 bridgehead atoms. The summed E-state index contributed by atoms with van der Waals surface area (Å²) >= 11 is 1.37. The lowest BCUT2D eigenvalue weighted by molar-refractivity contribution is 0.0995. The van der Waals surface area contributed by atoms with E-state index in [0.29, 0.717) is 16.4 Å². The summed E-state index contributed by atoms with van der Waals surface area (Å²) in [6.45, 7) is 0. The van der Waals surface area contributed by atoms with Gasteiger partial charge in [-0.25, -0.2) is 9.50 Å². The Morgan fingerprint density at radius 2 is 2.09 bits per heavy atom. The Bertz CT molecular complexity index is 914. The lowest BCUT2D eigenvalue weighted by atomic mass is 10.3. The van der Waals surface area contributed by atoms with Crippen molar-refractivity contribution in [1.82, 2.24) is 24.4 Å². The van der Waals surface area contributed by atoms with Crippen LogP contribution in [0.1, 0.15) is 21.0 Å². The van der Waals surface area contributed by atoms with E-state index in [2.05, 4.69) is 20.5 Å². The molecule has 2 amide bonds. The molecule has 118 valence electrons. The second-order valence-corrected chi connectivity index (χ2v) is 5.46. The highest BCUT2D eigenvalue weighted by Gasteiger charge is 2.18. The van der Waals surface area contributed by atoms with E-state index < -0.39 is 11.8 Å². The molecule has 9 nitrogen and oxygen atoms in total. The van der Waals surface area contributed by atoms with Gasteiger partial charge in [-0.05, 0) is 18.4 Å². The van der Waals surface area contributed by atoms with Gasteiger partial charge in [-0.1, -0.05) is 11.8 Å². The van der Waals surface area contributed by atoms with Crippen molar-refractivity contribution < 1.29 is 9.59 Å². The SMILES string of the molecule is CSc1ncc2ccc(C(=O)Nc3cn(C)nc3C(N)=O)n2n1. The third-order valence-electron chi connectivity index (χ3n) is 3.10. The van der Waals surface area contributed by atoms with Crippen LogP contribution in [0.2, 0.25) is 0 Å². The van der Waals surface area contributed by atoms with Gasteiger partial charge in [-0.2, -0.15) is 5.10 Å². The molecule has 0 aliphatic heterocycles. The summed E-state index contributed by atoms with van der Waals surface area (Å²) in [5.41, 5.74) is 6.51. The Kier molecular flexibility index (Phi) is 3.74. The first-order valence-electron chi connectivity index (χ1n) is 6.53. The molecule has 10 heteroatoms. The Hall–Kier alpha value is -2.88. The molecule has 0 atom stereocenters. The van der Waals surface area contributed by atoms with Crippen molar-refractivity contribution in [2.24, 2.45) is 12.8 Å². The van der Waals surface area contributed by atoms with Crippen molar-refractivity contribution in [3.63, 3.8) is 0 Å². The van der Waals surface area contributed by atoms with E-state index in [4.69, 9.17) is 5.73 Å². The van der Waals surface area contributed by atoms with Crippen molar-refractivity contribution in [3.8, 4) is 0 Å². The number of nitrogens with zero attached hydrogens (tertiary/aromatic N) is 5. The number of nitrogens with two attached hydrogens (primary N) is 1. The molecule has 3 aromatic heterocycles. The maximum Gasteiger partial charge on any atom is 0.274 e. The quantitative estimate of drug-likeness (QED) is 0.673. The molecule has 3 N–H and O–H groups in total. The monoisotopic (exact) mass is 331 g/mol. The fraction of sp³-hybridized carbons (Fsp3) is 0.154. The van der Waals surface area contributed by atoms with E-state index in [0.717, 1.165) is 0 Å². The van der Waals surface area contributed by atoms with Crippen molar-refractivity contribution in [2.75, 3.05) is 11.6 Å². The number of primary amides is 1. The number of carbonyl (C=O) groups is 2. The Morgan fingerprint density at radius 1 is 1.30 bits per heavy atom. The van der Waals surface area contributed by atoms with Gasteiger partial charge in [0.25, 0.3) is 11.8 Å². The predicted molar refractivity (Wildman–Crippen MR) is 84.4 cm³/mol. The summed E-state index contributed by atoms with van der Waals surface area (Å²) in [6.07, 6.45) is 4.99. The van der Waals surface area contributed by atoms with Crippen molar-refractivity contribution in [1.29, 1.82) is 0 Å². The van der Waals surface area contributed by atoms with E-state index in [1.54, 1.807) is 25.4 Å². The largest absolute Gasteiger partial charge is 0.364 e. The number of carbonyl (C=O) groups excluding carboxylic acids is 2. The highest BCUT2D eigenvalue weighted by molar-refractivity contribution is 7.98. The van der Waals surface area contributed by atoms with Crippen molar-refractivity contribution in [2.45, 2.75) is 5.16 Å². The van der Waals surface area contributed by atoms with Crippen LogP contribution in [0.25, 0.3) is 5.52 Å². The average Bonchev–Trinajstić information content (AvgIpc) is 3.09. The summed E-state index contributed by atoms with van der Waals surface area (Å²) < 4.78 is 2.90. The van der Waals surface area contributed by atoms with E-state index in [9.17, 15) is 9.59 Å². The van der Waals surface area contributed by atoms with Gasteiger partial charge in [0, 0.05) is 13.2 Å². The van der Waals surface area contributed by atoms with Gasteiger partial charge >= 0.3 is 0 Å². The molecule has 0 radical (unpaired) electrons. The minimum absolute atomic E-state index is 0.00106. The second kappa shape index (κ2) is 5.72. The summed E-state index contributed by atoms with van der Waals surface area (Å²) in [5, 5.41) is 11.4. The molecule has 0 spiro atoms. The minimum atomic E-state index is -0.715. The number of nitrogens with one attached hydrogen (secondary N) is 1. The number of rotatable bonds is 4. The smallest absolute Gasteiger partial charge is 0.274 e. The van der Waals surface area contributed by atoms with Crippen LogP contribution in [0.5, 0.6) is 0 Å². The van der Waals surface area contributed by atoms with Gasteiger partial charge < -0.3 is 11.1 Å². The normalized spacial score (nSPS) is 10.9. The zero-order chi connectivity index (χ0) is 16.6. The average molecular weight is 331 g/mol. The van der Waals surface area contributed by atoms with Crippen LogP contribution in [-0.4, -0.2) is 42.4 Å². The van der Waals surface area contributed by atoms with Crippen LogP contribution in [0.15, 0.2) is 29.7 Å². The highest BCUT2D eigenvalue weighted by Crippen LogP contribution is 2.16. The van der Waals surface area contributed by atoms with E-state index >= 15 is 0 Å². The molecule has 0 saturated carbocycles. The molecule has 23 heavy (non-hydrogen) atoms. The second-order valence-electron chi connectivity index (χ2n) is 4.68. The number of anilines is 1. The molecule has 0 unspecified atom stereocenters. The summed E-state index contributed by atoms with van der Waals surface area (Å²) in [6, 6.07) is 3.36. The molecule has 3 heterocycles. The van der Waals surface area contributed by atoms with E-state index in [-0.39, 0.29) is 11.4 Å². The first-order valence-corrected chi connectivity index (χ1v) is 7.75. The molecule has 0 saturated heterocycles. The van der Waals surface area contributed by atoms with Gasteiger partial charge in [0.2, 0.25) is 5.16 Å². The standard InChI is InChI=1S/C13H13N7O2S/c1-19-6-8(10(17-19)11(14)21)16-12(22)9-4-3-7-5-15-13(23-2)18-20(7)9/h3-6H,1-2H3,(H2,14,21)(H,16,22). The molecule has 3 aromatic rings. The van der Waals surface area contributed by atoms with Crippen LogP contribution in [0.4, 0.5) is 5.69 Å². The fourth-order valence-corrected chi connectivity index (χ4v) is 2.42. The molecule has 0 aliphatic carbocycles. The molecule has 3 rings (SSSR count). The summed E-state index contributed by atoms with van der Waals surface area (Å²) in [7, 11) is 1.63. The molecule has 0 fully saturated rings. The molecular formula is C13H13N7O2S. The summed E-state index contributed by atoms with van der Waals surface area (Å²) in [5.74, 6) is -1.14. The van der Waals surface area contributed by atoms with Gasteiger partial charge in [0.15, 0.2) is 5.69 Å². The van der Waals surface area contributed by atoms with Crippen LogP contribution in [0.3, 0.4) is 0 Å². The number of aryl methyl sites for hydroxylation is 1. The van der Waals surface area contributed by atoms with Crippen LogP contribution in [-0.2, 0) is 7.05 Å². The zero-order valence-electron chi connectivity index (χ0n) is 12.3. The number of hydrogen-bond donors (Lipinski definition) is 2. The number of amides is 2. The van der Waals surface area contributed by atoms with Crippen LogP contribution >= 0.6 is 11.8 Å². The van der Waals surface area contributed by atoms with Crippen LogP contribution in [0, 0.1) is 0 Å². The number of hydrogen-bond acceptors (Lipinski definition) is 6. The Morgan fingerprint density at radius 3 is 2.78 bits per heavy atom. The highest BCUT2D eigenvalue weighted by atomic mass is 32.2. The minimum Gasteiger partial charge on any atom is -0.364 e. The maximum atomic E-state index is 12.5. The lowest BCUT2D eigenvalue weighted by Gasteiger charge is -2.04. The van der Waals surface area contributed by atoms with Gasteiger partial charge in [0.1, 0.15) is 5.69 Å². The zero-order valence-corrected chi connectivity index (χ0v) is 13.2. The van der Waals surface area contributed by atoms with Gasteiger partial charge in [-0.15, -0.1) is 5.10 Å². The first-order chi connectivity index (χ1) is 11.0. The number of fused-ring (bicyclic) bond motifs is 1. The molecule has 0 aromatic carbocycles. The van der Waals surface area contributed by atoms with Gasteiger partial charge in [-0.3, -0.25) is 14.3 Å². The first kappa shape index (κ1) is 15.0. The van der Waals surface area contributed by atoms with Gasteiger partial charge in [0.05, 0.1) is 17.4 Å². The third kappa shape index (κ3) is 2.75. The van der Waals surface area contributed by atoms with E-state index in [1.165, 1.54) is 27.2 Å². The van der Waals surface area contributed by atoms with Crippen molar-refractivity contribution >= 4 is 34.8 Å². The van der Waals surface area contributed by atoms with Crippen molar-refractivity contribution in [3.05, 3.63) is 35.9 Å². The van der Waals surface area contributed by atoms with E-state index in [1.807, 2.05) is 6.26 Å².